The molecule has 6 heteroatoms. The molecule has 0 spiro atoms. The van der Waals surface area contributed by atoms with Gasteiger partial charge in [0.2, 0.25) is 0 Å². The lowest BCUT2D eigenvalue weighted by molar-refractivity contribution is 0.0527. The second-order valence-corrected chi connectivity index (χ2v) is 6.30. The zero-order valence-electron chi connectivity index (χ0n) is 12.2. The fourth-order valence-electron chi connectivity index (χ4n) is 1.78. The summed E-state index contributed by atoms with van der Waals surface area (Å²) in [6.07, 6.45) is 0.787. The highest BCUT2D eigenvalue weighted by atomic mass is 32.1. The van der Waals surface area contributed by atoms with Crippen molar-refractivity contribution < 1.29 is 9.90 Å². The summed E-state index contributed by atoms with van der Waals surface area (Å²) in [4.78, 5) is 17.9. The lowest BCUT2D eigenvalue weighted by atomic mass is 10.1. The van der Waals surface area contributed by atoms with Gasteiger partial charge in [-0.3, -0.25) is 0 Å². The maximum atomic E-state index is 12.1. The van der Waals surface area contributed by atoms with Gasteiger partial charge in [0.15, 0.2) is 0 Å². The van der Waals surface area contributed by atoms with Crippen molar-refractivity contribution in [2.45, 2.75) is 45.8 Å². The molecule has 0 aliphatic rings. The number of urea groups is 1. The van der Waals surface area contributed by atoms with Crippen LogP contribution in [-0.2, 0) is 0 Å². The molecule has 0 radical (unpaired) electrons. The minimum Gasteiger partial charge on any atom is -0.389 e. The molecule has 0 bridgehead atoms. The standard InChI is InChI=1S/C13H23N3O2S/c1-6-10(11-14-9(2)7-19-11)15-12(17)16(5)8-13(3,4)18/h7,10,18H,6,8H2,1-5H3,(H,15,17). The van der Waals surface area contributed by atoms with Crippen molar-refractivity contribution >= 4 is 17.4 Å². The van der Waals surface area contributed by atoms with Gasteiger partial charge in [0.05, 0.1) is 18.2 Å². The number of amides is 2. The Labute approximate surface area is 118 Å². The van der Waals surface area contributed by atoms with Crippen LogP contribution in [0.2, 0.25) is 0 Å². The molecule has 19 heavy (non-hydrogen) atoms. The average molecular weight is 285 g/mol. The highest BCUT2D eigenvalue weighted by molar-refractivity contribution is 7.09. The van der Waals surface area contributed by atoms with E-state index in [1.54, 1.807) is 32.2 Å². The molecule has 0 aliphatic carbocycles. The minimum atomic E-state index is -0.897. The van der Waals surface area contributed by atoms with E-state index in [-0.39, 0.29) is 18.6 Å². The number of nitrogens with one attached hydrogen (secondary N) is 1. The SMILES string of the molecule is CCC(NC(=O)N(C)CC(C)(C)O)c1nc(C)cs1. The molecule has 2 amide bonds. The zero-order chi connectivity index (χ0) is 14.6. The highest BCUT2D eigenvalue weighted by Gasteiger charge is 2.22. The van der Waals surface area contributed by atoms with E-state index in [4.69, 9.17) is 0 Å². The van der Waals surface area contributed by atoms with Crippen molar-refractivity contribution in [3.05, 3.63) is 16.1 Å². The third-order valence-corrected chi connectivity index (χ3v) is 3.69. The Bertz CT molecular complexity index is 426. The van der Waals surface area contributed by atoms with Gasteiger partial charge >= 0.3 is 6.03 Å². The first kappa shape index (κ1) is 15.9. The summed E-state index contributed by atoms with van der Waals surface area (Å²) in [5, 5.41) is 15.6. The van der Waals surface area contributed by atoms with Crippen LogP contribution >= 0.6 is 11.3 Å². The van der Waals surface area contributed by atoms with Gasteiger partial charge in [-0.1, -0.05) is 6.92 Å². The molecule has 1 atom stereocenters. The van der Waals surface area contributed by atoms with Crippen LogP contribution < -0.4 is 5.32 Å². The number of thiazole rings is 1. The van der Waals surface area contributed by atoms with Gasteiger partial charge in [0.25, 0.3) is 0 Å². The number of hydrogen-bond acceptors (Lipinski definition) is 4. The Kier molecular flexibility index (Phi) is 5.31. The molecule has 1 unspecified atom stereocenters. The predicted octanol–water partition coefficient (Wildman–Crippen LogP) is 2.31. The van der Waals surface area contributed by atoms with E-state index in [0.29, 0.717) is 0 Å². The van der Waals surface area contributed by atoms with E-state index in [0.717, 1.165) is 17.1 Å². The Balaban J connectivity index is 2.63. The number of aliphatic hydroxyl groups is 1. The van der Waals surface area contributed by atoms with Crippen molar-refractivity contribution in [1.29, 1.82) is 0 Å². The van der Waals surface area contributed by atoms with Crippen LogP contribution in [-0.4, -0.2) is 40.2 Å². The maximum Gasteiger partial charge on any atom is 0.317 e. The fraction of sp³-hybridized carbons (Fsp3) is 0.692. The largest absolute Gasteiger partial charge is 0.389 e. The van der Waals surface area contributed by atoms with Crippen LogP contribution in [0.5, 0.6) is 0 Å². The maximum absolute atomic E-state index is 12.1. The highest BCUT2D eigenvalue weighted by Crippen LogP contribution is 2.21. The quantitative estimate of drug-likeness (QED) is 0.872. The number of nitrogens with zero attached hydrogens (tertiary/aromatic N) is 2. The summed E-state index contributed by atoms with van der Waals surface area (Å²) in [5.41, 5.74) is 0.0727. The summed E-state index contributed by atoms with van der Waals surface area (Å²) in [5.74, 6) is 0. The molecule has 0 saturated carbocycles. The second-order valence-electron chi connectivity index (χ2n) is 5.41. The first-order valence-electron chi connectivity index (χ1n) is 6.39. The molecular weight excluding hydrogens is 262 g/mol. The molecule has 5 nitrogen and oxygen atoms in total. The summed E-state index contributed by atoms with van der Waals surface area (Å²) >= 11 is 1.56. The van der Waals surface area contributed by atoms with Crippen LogP contribution in [0.15, 0.2) is 5.38 Å². The van der Waals surface area contributed by atoms with E-state index < -0.39 is 5.60 Å². The van der Waals surface area contributed by atoms with E-state index >= 15 is 0 Å². The number of likely N-dealkylation sites (N-methyl/N-ethyl adjacent to an activating group) is 1. The molecule has 2 N–H and O–H groups in total. The van der Waals surface area contributed by atoms with Gasteiger partial charge in [-0.05, 0) is 27.2 Å². The van der Waals surface area contributed by atoms with E-state index in [2.05, 4.69) is 10.3 Å². The second kappa shape index (κ2) is 6.34. The van der Waals surface area contributed by atoms with Crippen LogP contribution in [0.25, 0.3) is 0 Å². The summed E-state index contributed by atoms with van der Waals surface area (Å²) in [6.45, 7) is 7.59. The smallest absolute Gasteiger partial charge is 0.317 e. The Morgan fingerprint density at radius 3 is 2.68 bits per heavy atom. The molecular formula is C13H23N3O2S. The number of hydrogen-bond donors (Lipinski definition) is 2. The summed E-state index contributed by atoms with van der Waals surface area (Å²) in [6, 6.07) is -0.266. The lowest BCUT2D eigenvalue weighted by Gasteiger charge is -2.27. The fourth-order valence-corrected chi connectivity index (χ4v) is 2.71. The Morgan fingerprint density at radius 2 is 2.26 bits per heavy atom. The molecule has 1 heterocycles. The van der Waals surface area contributed by atoms with Crippen LogP contribution in [0.3, 0.4) is 0 Å². The third-order valence-electron chi connectivity index (χ3n) is 2.61. The van der Waals surface area contributed by atoms with E-state index in [1.807, 2.05) is 19.2 Å². The van der Waals surface area contributed by atoms with Gasteiger partial charge in [-0.25, -0.2) is 9.78 Å². The lowest BCUT2D eigenvalue weighted by Crippen LogP contribution is -2.45. The van der Waals surface area contributed by atoms with Crippen molar-refractivity contribution in [3.63, 3.8) is 0 Å². The average Bonchev–Trinajstić information content (AvgIpc) is 2.69. The number of aryl methyl sites for hydroxylation is 1. The third kappa shape index (κ3) is 5.16. The molecule has 1 aromatic heterocycles. The van der Waals surface area contributed by atoms with Crippen molar-refractivity contribution in [2.24, 2.45) is 0 Å². The van der Waals surface area contributed by atoms with Gasteiger partial charge in [0, 0.05) is 18.1 Å². The van der Waals surface area contributed by atoms with Crippen molar-refractivity contribution in [1.82, 2.24) is 15.2 Å². The molecule has 1 rings (SSSR count). The predicted molar refractivity (Wildman–Crippen MR) is 77.3 cm³/mol. The Hall–Kier alpha value is -1.14. The minimum absolute atomic E-state index is 0.0737. The van der Waals surface area contributed by atoms with E-state index in [9.17, 15) is 9.90 Å². The molecule has 0 fully saturated rings. The number of carbonyl (C=O) groups is 1. The monoisotopic (exact) mass is 285 g/mol. The summed E-state index contributed by atoms with van der Waals surface area (Å²) in [7, 11) is 1.67. The van der Waals surface area contributed by atoms with Crippen molar-refractivity contribution in [3.8, 4) is 0 Å². The normalized spacial score (nSPS) is 13.2. The van der Waals surface area contributed by atoms with E-state index in [1.165, 1.54) is 4.90 Å². The first-order chi connectivity index (χ1) is 8.73. The van der Waals surface area contributed by atoms with Crippen LogP contribution in [0.1, 0.15) is 43.9 Å². The Morgan fingerprint density at radius 1 is 1.63 bits per heavy atom. The first-order valence-corrected chi connectivity index (χ1v) is 7.27. The summed E-state index contributed by atoms with van der Waals surface area (Å²) < 4.78 is 0. The van der Waals surface area contributed by atoms with Crippen LogP contribution in [0.4, 0.5) is 4.79 Å². The van der Waals surface area contributed by atoms with Crippen LogP contribution in [0, 0.1) is 6.92 Å². The molecule has 108 valence electrons. The van der Waals surface area contributed by atoms with Gasteiger partial charge in [-0.2, -0.15) is 0 Å². The molecule has 0 aromatic carbocycles. The molecule has 1 aromatic rings. The zero-order valence-corrected chi connectivity index (χ0v) is 13.0. The molecule has 0 saturated heterocycles. The number of carbonyl (C=O) groups excluding carboxylic acids is 1. The van der Waals surface area contributed by atoms with Gasteiger partial charge < -0.3 is 15.3 Å². The van der Waals surface area contributed by atoms with Crippen molar-refractivity contribution in [2.75, 3.05) is 13.6 Å². The number of rotatable bonds is 5. The number of aromatic nitrogens is 1. The topological polar surface area (TPSA) is 65.5 Å². The van der Waals surface area contributed by atoms with Gasteiger partial charge in [-0.15, -0.1) is 11.3 Å². The van der Waals surface area contributed by atoms with Gasteiger partial charge in [0.1, 0.15) is 5.01 Å². The molecule has 0 aliphatic heterocycles.